The summed E-state index contributed by atoms with van der Waals surface area (Å²) in [6, 6.07) is 0. The number of fused-ring (bicyclic) bond motifs is 1. The molecule has 0 bridgehead atoms. The fraction of sp³-hybridized carbons (Fsp3) is 0.643. The van der Waals surface area contributed by atoms with Crippen molar-refractivity contribution in [3.63, 3.8) is 0 Å². The summed E-state index contributed by atoms with van der Waals surface area (Å²) in [5, 5.41) is 11.1. The van der Waals surface area contributed by atoms with Crippen LogP contribution in [0.15, 0.2) is 0 Å². The Kier molecular flexibility index (Phi) is 7.61. The molecular formula is C14H20F3N3O3S. The van der Waals surface area contributed by atoms with Gasteiger partial charge in [-0.2, -0.15) is 13.2 Å². The van der Waals surface area contributed by atoms with Crippen molar-refractivity contribution in [2.75, 3.05) is 26.2 Å². The van der Waals surface area contributed by atoms with E-state index >= 15 is 0 Å². The topological polar surface area (TPSA) is 82.5 Å². The first kappa shape index (κ1) is 20.4. The van der Waals surface area contributed by atoms with Crippen LogP contribution < -0.4 is 5.32 Å². The fourth-order valence-corrected chi connectivity index (χ4v) is 3.12. The SMILES string of the molecule is CCN(CC)C(=O)c1nc2c(s1)CCNCC2.O=C(O)C(F)(F)F. The zero-order chi connectivity index (χ0) is 18.3. The van der Waals surface area contributed by atoms with E-state index in [1.54, 1.807) is 11.3 Å². The van der Waals surface area contributed by atoms with Crippen LogP contribution in [0.25, 0.3) is 0 Å². The number of nitrogens with one attached hydrogen (secondary N) is 1. The van der Waals surface area contributed by atoms with Crippen molar-refractivity contribution in [2.24, 2.45) is 0 Å². The molecule has 0 saturated carbocycles. The molecule has 0 aromatic carbocycles. The lowest BCUT2D eigenvalue weighted by Gasteiger charge is -2.16. The Balaban J connectivity index is 0.000000351. The molecule has 2 heterocycles. The maximum atomic E-state index is 12.2. The van der Waals surface area contributed by atoms with Gasteiger partial charge in [0, 0.05) is 37.5 Å². The minimum atomic E-state index is -5.08. The van der Waals surface area contributed by atoms with E-state index < -0.39 is 12.1 Å². The van der Waals surface area contributed by atoms with Gasteiger partial charge in [-0.15, -0.1) is 11.3 Å². The Morgan fingerprint density at radius 1 is 1.25 bits per heavy atom. The fourth-order valence-electron chi connectivity index (χ4n) is 2.05. The predicted molar refractivity (Wildman–Crippen MR) is 83.3 cm³/mol. The van der Waals surface area contributed by atoms with Crippen LogP contribution in [0, 0.1) is 0 Å². The number of rotatable bonds is 3. The number of hydrogen-bond donors (Lipinski definition) is 2. The summed E-state index contributed by atoms with van der Waals surface area (Å²) in [5.41, 5.74) is 1.12. The summed E-state index contributed by atoms with van der Waals surface area (Å²) in [7, 11) is 0. The number of carbonyl (C=O) groups is 2. The third kappa shape index (κ3) is 5.75. The molecule has 0 saturated heterocycles. The lowest BCUT2D eigenvalue weighted by molar-refractivity contribution is -0.192. The van der Waals surface area contributed by atoms with Gasteiger partial charge in [-0.25, -0.2) is 9.78 Å². The molecule has 1 aliphatic rings. The maximum absolute atomic E-state index is 12.2. The largest absolute Gasteiger partial charge is 0.490 e. The Morgan fingerprint density at radius 2 is 1.79 bits per heavy atom. The summed E-state index contributed by atoms with van der Waals surface area (Å²) in [6.45, 7) is 7.47. The number of amides is 1. The predicted octanol–water partition coefficient (Wildman–Crippen LogP) is 1.95. The van der Waals surface area contributed by atoms with Crippen molar-refractivity contribution >= 4 is 23.2 Å². The van der Waals surface area contributed by atoms with Gasteiger partial charge in [0.15, 0.2) is 5.01 Å². The van der Waals surface area contributed by atoms with E-state index in [2.05, 4.69) is 10.3 Å². The van der Waals surface area contributed by atoms with Gasteiger partial charge in [0.25, 0.3) is 5.91 Å². The van der Waals surface area contributed by atoms with Gasteiger partial charge < -0.3 is 15.3 Å². The van der Waals surface area contributed by atoms with Crippen molar-refractivity contribution in [1.29, 1.82) is 0 Å². The van der Waals surface area contributed by atoms with Crippen LogP contribution in [0.4, 0.5) is 13.2 Å². The van der Waals surface area contributed by atoms with E-state index in [9.17, 15) is 18.0 Å². The lowest BCUT2D eigenvalue weighted by atomic mass is 10.2. The van der Waals surface area contributed by atoms with Crippen molar-refractivity contribution in [1.82, 2.24) is 15.2 Å². The zero-order valence-electron chi connectivity index (χ0n) is 13.4. The van der Waals surface area contributed by atoms with Crippen molar-refractivity contribution in [3.05, 3.63) is 15.6 Å². The number of carbonyl (C=O) groups excluding carboxylic acids is 1. The average molecular weight is 367 g/mol. The second-order valence-corrected chi connectivity index (χ2v) is 6.00. The molecule has 0 spiro atoms. The molecule has 1 amide bonds. The lowest BCUT2D eigenvalue weighted by Crippen LogP contribution is -2.30. The van der Waals surface area contributed by atoms with Crippen molar-refractivity contribution < 1.29 is 27.9 Å². The smallest absolute Gasteiger partial charge is 0.475 e. The molecular weight excluding hydrogens is 347 g/mol. The Morgan fingerprint density at radius 3 is 2.29 bits per heavy atom. The van der Waals surface area contributed by atoms with Crippen LogP contribution in [0.3, 0.4) is 0 Å². The Hall–Kier alpha value is -1.68. The maximum Gasteiger partial charge on any atom is 0.490 e. The second kappa shape index (κ2) is 8.97. The standard InChI is InChI=1S/C12H19N3OS.C2HF3O2/c1-3-15(4-2)12(16)11-14-9-5-7-13-8-6-10(9)17-11;3-2(4,5)1(6)7/h13H,3-8H2,1-2H3;(H,6,7). The van der Waals surface area contributed by atoms with Gasteiger partial charge in [0.05, 0.1) is 5.69 Å². The summed E-state index contributed by atoms with van der Waals surface area (Å²) >= 11 is 1.57. The number of nitrogens with zero attached hydrogens (tertiary/aromatic N) is 2. The monoisotopic (exact) mass is 367 g/mol. The molecule has 0 radical (unpaired) electrons. The van der Waals surface area contributed by atoms with Gasteiger partial charge in [0.1, 0.15) is 0 Å². The third-order valence-electron chi connectivity index (χ3n) is 3.32. The quantitative estimate of drug-likeness (QED) is 0.853. The van der Waals surface area contributed by atoms with Crippen molar-refractivity contribution in [3.8, 4) is 0 Å². The number of carboxylic acid groups (broad SMARTS) is 1. The van der Waals surface area contributed by atoms with E-state index in [4.69, 9.17) is 9.90 Å². The molecule has 6 nitrogen and oxygen atoms in total. The molecule has 0 unspecified atom stereocenters. The number of hydrogen-bond acceptors (Lipinski definition) is 5. The molecule has 0 aliphatic carbocycles. The van der Waals surface area contributed by atoms with Gasteiger partial charge in [0.2, 0.25) is 0 Å². The molecule has 0 fully saturated rings. The first-order valence-electron chi connectivity index (χ1n) is 7.49. The number of carboxylic acids is 1. The first-order valence-corrected chi connectivity index (χ1v) is 8.31. The van der Waals surface area contributed by atoms with Crippen molar-refractivity contribution in [2.45, 2.75) is 32.9 Å². The van der Waals surface area contributed by atoms with Gasteiger partial charge in [-0.1, -0.05) is 0 Å². The first-order chi connectivity index (χ1) is 11.2. The highest BCUT2D eigenvalue weighted by Gasteiger charge is 2.38. The minimum absolute atomic E-state index is 0.0843. The molecule has 0 atom stereocenters. The summed E-state index contributed by atoms with van der Waals surface area (Å²) in [6.07, 6.45) is -3.14. The Bertz CT molecular complexity index is 548. The number of aromatic nitrogens is 1. The highest BCUT2D eigenvalue weighted by atomic mass is 32.1. The van der Waals surface area contributed by atoms with E-state index in [0.717, 1.165) is 44.7 Å². The number of halogens is 3. The van der Waals surface area contributed by atoms with E-state index in [-0.39, 0.29) is 5.91 Å². The average Bonchev–Trinajstić information content (AvgIpc) is 2.79. The van der Waals surface area contributed by atoms with E-state index in [1.807, 2.05) is 18.7 Å². The van der Waals surface area contributed by atoms with Gasteiger partial charge in [-0.3, -0.25) is 4.79 Å². The highest BCUT2D eigenvalue weighted by Crippen LogP contribution is 2.22. The molecule has 2 N–H and O–H groups in total. The zero-order valence-corrected chi connectivity index (χ0v) is 14.3. The van der Waals surface area contributed by atoms with Gasteiger partial charge in [-0.05, 0) is 20.3 Å². The molecule has 136 valence electrons. The molecule has 1 aromatic heterocycles. The number of thiazole rings is 1. The van der Waals surface area contributed by atoms with Crippen LogP contribution in [0.1, 0.15) is 34.2 Å². The van der Waals surface area contributed by atoms with Gasteiger partial charge >= 0.3 is 12.1 Å². The molecule has 10 heteroatoms. The minimum Gasteiger partial charge on any atom is -0.475 e. The summed E-state index contributed by atoms with van der Waals surface area (Å²) < 4.78 is 31.7. The second-order valence-electron chi connectivity index (χ2n) is 4.92. The summed E-state index contributed by atoms with van der Waals surface area (Å²) in [4.78, 5) is 28.7. The number of alkyl halides is 3. The molecule has 24 heavy (non-hydrogen) atoms. The van der Waals surface area contributed by atoms with Crippen LogP contribution in [-0.2, 0) is 17.6 Å². The van der Waals surface area contributed by atoms with E-state index in [1.165, 1.54) is 4.88 Å². The van der Waals surface area contributed by atoms with Crippen LogP contribution in [-0.4, -0.2) is 59.2 Å². The summed E-state index contributed by atoms with van der Waals surface area (Å²) in [5.74, 6) is -2.67. The molecule has 2 rings (SSSR count). The highest BCUT2D eigenvalue weighted by molar-refractivity contribution is 7.13. The normalized spacial score (nSPS) is 14.0. The van der Waals surface area contributed by atoms with E-state index in [0.29, 0.717) is 5.01 Å². The van der Waals surface area contributed by atoms with Crippen LogP contribution >= 0.6 is 11.3 Å². The Labute approximate surface area is 141 Å². The number of aliphatic carboxylic acids is 1. The molecule has 1 aliphatic heterocycles. The van der Waals surface area contributed by atoms with Crippen LogP contribution in [0.5, 0.6) is 0 Å². The third-order valence-corrected chi connectivity index (χ3v) is 4.47. The molecule has 1 aromatic rings. The van der Waals surface area contributed by atoms with Crippen LogP contribution in [0.2, 0.25) is 0 Å².